The van der Waals surface area contributed by atoms with Crippen molar-refractivity contribution in [2.45, 2.75) is 12.7 Å². The fraction of sp³-hybridized carbons (Fsp3) is 0.400. The molecule has 106 valence electrons. The van der Waals surface area contributed by atoms with Gasteiger partial charge >= 0.3 is 0 Å². The first-order valence-corrected chi connectivity index (χ1v) is 6.68. The monoisotopic (exact) mass is 289 g/mol. The lowest BCUT2D eigenvalue weighted by molar-refractivity contribution is -0.343. The van der Waals surface area contributed by atoms with Gasteiger partial charge in [-0.2, -0.15) is 0 Å². The second-order valence-corrected chi connectivity index (χ2v) is 4.87. The lowest BCUT2D eigenvalue weighted by Crippen LogP contribution is -2.28. The maximum atomic E-state index is 10.6. The van der Waals surface area contributed by atoms with Crippen molar-refractivity contribution in [3.05, 3.63) is 34.7 Å². The molecule has 0 spiro atoms. The molecule has 9 heteroatoms. The Labute approximate surface area is 109 Å². The van der Waals surface area contributed by atoms with Crippen molar-refractivity contribution in [2.75, 3.05) is 13.2 Å². The van der Waals surface area contributed by atoms with Crippen LogP contribution in [0.2, 0.25) is 0 Å². The molecule has 0 bridgehead atoms. The van der Waals surface area contributed by atoms with Gasteiger partial charge in [0.1, 0.15) is 5.69 Å². The van der Waals surface area contributed by atoms with E-state index in [0.717, 1.165) is 0 Å². The highest BCUT2D eigenvalue weighted by Gasteiger charge is 2.27. The van der Waals surface area contributed by atoms with Gasteiger partial charge in [0.05, 0.1) is 21.0 Å². The average molecular weight is 289 g/mol. The Morgan fingerprint density at radius 2 is 2.00 bits per heavy atom. The van der Waals surface area contributed by atoms with Crippen molar-refractivity contribution < 1.29 is 28.7 Å². The van der Waals surface area contributed by atoms with Crippen LogP contribution in [0.4, 0.5) is 5.69 Å². The highest BCUT2D eigenvalue weighted by Crippen LogP contribution is 2.31. The van der Waals surface area contributed by atoms with Gasteiger partial charge in [0, 0.05) is 5.56 Å². The molecule has 0 amide bonds. The molecule has 1 aromatic rings. The molecule has 0 saturated heterocycles. The smallest absolute Gasteiger partial charge is 0.191 e. The molecule has 19 heavy (non-hydrogen) atoms. The van der Waals surface area contributed by atoms with E-state index >= 15 is 0 Å². The Bertz CT molecular complexity index is 485. The molecule has 1 unspecified atom stereocenters. The van der Waals surface area contributed by atoms with E-state index in [1.54, 1.807) is 12.1 Å². The predicted molar refractivity (Wildman–Crippen MR) is 61.0 cm³/mol. The van der Waals surface area contributed by atoms with Crippen molar-refractivity contribution in [1.29, 1.82) is 0 Å². The Kier molecular flexibility index (Phi) is 5.30. The minimum absolute atomic E-state index is 0.00765. The molecular formula is C10H12NO7P-2. The zero-order chi connectivity index (χ0) is 14.5. The average Bonchev–Trinajstić information content (AvgIpc) is 2.33. The number of phosphoric ester groups is 1. The number of rotatable bonds is 7. The summed E-state index contributed by atoms with van der Waals surface area (Å²) in [6, 6.07) is 5.95. The van der Waals surface area contributed by atoms with Crippen LogP contribution in [0, 0.1) is 4.91 Å². The number of nitrogens with zero attached hydrogens (tertiary/aromatic N) is 1. The molecule has 1 N–H and O–H groups in total. The van der Waals surface area contributed by atoms with Gasteiger partial charge in [-0.15, -0.1) is 4.91 Å². The number of phosphoric acid groups is 1. The molecule has 0 aliphatic rings. The zero-order valence-electron chi connectivity index (χ0n) is 10.0. The van der Waals surface area contributed by atoms with Gasteiger partial charge in [0.2, 0.25) is 0 Å². The van der Waals surface area contributed by atoms with Crippen molar-refractivity contribution in [3.63, 3.8) is 0 Å². The minimum Gasteiger partial charge on any atom is -0.790 e. The molecule has 1 rings (SSSR count). The topological polar surface area (TPSA) is 131 Å². The molecule has 0 fully saturated rings. The number of benzene rings is 1. The van der Waals surface area contributed by atoms with Crippen molar-refractivity contribution in [1.82, 2.24) is 0 Å². The highest BCUT2D eigenvalue weighted by atomic mass is 31.2. The summed E-state index contributed by atoms with van der Waals surface area (Å²) >= 11 is 0. The van der Waals surface area contributed by atoms with Crippen LogP contribution in [0.25, 0.3) is 0 Å². The number of hydrogen-bond donors (Lipinski definition) is 1. The number of ether oxygens (including phenoxy) is 1. The first kappa shape index (κ1) is 15.9. The van der Waals surface area contributed by atoms with Crippen LogP contribution in [0.15, 0.2) is 29.4 Å². The molecule has 0 heterocycles. The number of aliphatic hydroxyl groups is 1. The molecule has 0 radical (unpaired) electrons. The third-order valence-corrected chi connectivity index (χ3v) is 2.72. The molecule has 0 aliphatic heterocycles. The molecular weight excluding hydrogens is 277 g/mol. The van der Waals surface area contributed by atoms with Gasteiger partial charge in [-0.25, -0.2) is 0 Å². The Hall–Kier alpha value is -1.15. The van der Waals surface area contributed by atoms with E-state index < -0.39 is 20.2 Å². The maximum absolute atomic E-state index is 10.6. The third kappa shape index (κ3) is 5.15. The summed E-state index contributed by atoms with van der Waals surface area (Å²) in [4.78, 5) is 31.0. The Morgan fingerprint density at radius 1 is 1.37 bits per heavy atom. The van der Waals surface area contributed by atoms with E-state index in [1.165, 1.54) is 19.1 Å². The molecule has 0 aromatic heterocycles. The van der Waals surface area contributed by atoms with Crippen LogP contribution in [-0.2, 0) is 19.6 Å². The van der Waals surface area contributed by atoms with E-state index in [9.17, 15) is 24.4 Å². The van der Waals surface area contributed by atoms with Gasteiger partial charge in [-0.3, -0.25) is 0 Å². The van der Waals surface area contributed by atoms with Crippen molar-refractivity contribution >= 4 is 13.5 Å². The van der Waals surface area contributed by atoms with Crippen LogP contribution < -0.4 is 9.79 Å². The normalized spacial score (nSPS) is 14.9. The molecule has 1 atom stereocenters. The van der Waals surface area contributed by atoms with Gasteiger partial charge in [0.25, 0.3) is 0 Å². The second-order valence-electron chi connectivity index (χ2n) is 3.72. The fourth-order valence-electron chi connectivity index (χ4n) is 1.41. The van der Waals surface area contributed by atoms with E-state index in [4.69, 9.17) is 4.74 Å². The molecule has 0 saturated carbocycles. The van der Waals surface area contributed by atoms with Crippen LogP contribution in [0.5, 0.6) is 0 Å². The standard InChI is InChI=1S/C10H14NO7P/c1-10(12,17-6-7-18-19(14,15)16)8-4-2-3-5-9(8)11-13/h2-5,12H,6-7H2,1H3,(H2,14,15,16)/p-2. The van der Waals surface area contributed by atoms with E-state index in [2.05, 4.69) is 9.70 Å². The van der Waals surface area contributed by atoms with E-state index in [1.807, 2.05) is 0 Å². The lowest BCUT2D eigenvalue weighted by atomic mass is 10.1. The molecule has 0 aliphatic carbocycles. The fourth-order valence-corrected chi connectivity index (χ4v) is 1.71. The summed E-state index contributed by atoms with van der Waals surface area (Å²) in [7, 11) is -5.07. The van der Waals surface area contributed by atoms with Crippen molar-refractivity contribution in [3.8, 4) is 0 Å². The summed E-state index contributed by atoms with van der Waals surface area (Å²) in [5.74, 6) is -1.86. The molecule has 8 nitrogen and oxygen atoms in total. The van der Waals surface area contributed by atoms with Gasteiger partial charge < -0.3 is 28.7 Å². The summed E-state index contributed by atoms with van der Waals surface area (Å²) in [6.45, 7) is 0.372. The highest BCUT2D eigenvalue weighted by molar-refractivity contribution is 7.43. The number of nitroso groups, excluding NO2 is 1. The Morgan fingerprint density at radius 3 is 2.58 bits per heavy atom. The summed E-state index contributed by atoms with van der Waals surface area (Å²) in [6.07, 6.45) is 0. The second kappa shape index (κ2) is 6.33. The van der Waals surface area contributed by atoms with Crippen LogP contribution in [-0.4, -0.2) is 18.3 Å². The lowest BCUT2D eigenvalue weighted by Gasteiger charge is -2.30. The summed E-state index contributed by atoms with van der Waals surface area (Å²) in [5, 5.41) is 12.8. The maximum Gasteiger partial charge on any atom is 0.191 e. The first-order valence-electron chi connectivity index (χ1n) is 5.22. The third-order valence-electron chi connectivity index (χ3n) is 2.22. The first-order chi connectivity index (χ1) is 8.76. The Balaban J connectivity index is 2.65. The van der Waals surface area contributed by atoms with Gasteiger partial charge in [-0.05, 0) is 18.2 Å². The molecule has 1 aromatic carbocycles. The number of hydrogen-bond acceptors (Lipinski definition) is 8. The van der Waals surface area contributed by atoms with E-state index in [-0.39, 0.29) is 17.9 Å². The SMILES string of the molecule is CC(O)(OCCOP(=O)([O-])[O-])c1ccccc1N=O. The van der Waals surface area contributed by atoms with Crippen LogP contribution in [0.3, 0.4) is 0 Å². The van der Waals surface area contributed by atoms with Crippen LogP contribution in [0.1, 0.15) is 12.5 Å². The zero-order valence-corrected chi connectivity index (χ0v) is 10.9. The largest absolute Gasteiger partial charge is 0.790 e. The minimum atomic E-state index is -5.07. The van der Waals surface area contributed by atoms with Crippen LogP contribution >= 0.6 is 7.82 Å². The van der Waals surface area contributed by atoms with Gasteiger partial charge in [-0.1, -0.05) is 18.2 Å². The summed E-state index contributed by atoms with van der Waals surface area (Å²) < 4.78 is 19.1. The summed E-state index contributed by atoms with van der Waals surface area (Å²) in [5.41, 5.74) is 0.115. The van der Waals surface area contributed by atoms with Gasteiger partial charge in [0.15, 0.2) is 5.79 Å². The quantitative estimate of drug-likeness (QED) is 0.326. The van der Waals surface area contributed by atoms with E-state index in [0.29, 0.717) is 0 Å². The van der Waals surface area contributed by atoms with Crippen molar-refractivity contribution in [2.24, 2.45) is 5.18 Å². The predicted octanol–water partition coefficient (Wildman–Crippen LogP) is 0.111.